The Labute approximate surface area is 113 Å². The monoisotopic (exact) mass is 263 g/mol. The Balaban J connectivity index is 2.41. The average molecular weight is 263 g/mol. The summed E-state index contributed by atoms with van der Waals surface area (Å²) >= 11 is 1.87. The Hall–Kier alpha value is -0.900. The molecule has 2 aromatic rings. The molecular formula is C15H21NOS. The zero-order chi connectivity index (χ0) is 13.1. The predicted octanol–water partition coefficient (Wildman–Crippen LogP) is 3.85. The highest BCUT2D eigenvalue weighted by Gasteiger charge is 2.12. The molecule has 0 aliphatic carbocycles. The van der Waals surface area contributed by atoms with Gasteiger partial charge in [-0.1, -0.05) is 31.5 Å². The van der Waals surface area contributed by atoms with Crippen LogP contribution >= 0.6 is 11.3 Å². The molecule has 2 rings (SSSR count). The van der Waals surface area contributed by atoms with Crippen molar-refractivity contribution >= 4 is 21.4 Å². The van der Waals surface area contributed by atoms with Gasteiger partial charge in [0.1, 0.15) is 0 Å². The molecule has 98 valence electrons. The van der Waals surface area contributed by atoms with E-state index in [1.807, 2.05) is 11.3 Å². The second-order valence-corrected chi connectivity index (χ2v) is 6.11. The van der Waals surface area contributed by atoms with Crippen LogP contribution in [0.15, 0.2) is 18.2 Å². The average Bonchev–Trinajstić information content (AvgIpc) is 2.65. The highest BCUT2D eigenvalue weighted by molar-refractivity contribution is 7.19. The molecule has 0 saturated carbocycles. The number of thiophene rings is 1. The van der Waals surface area contributed by atoms with Gasteiger partial charge in [-0.3, -0.25) is 0 Å². The highest BCUT2D eigenvalue weighted by Crippen LogP contribution is 2.32. The van der Waals surface area contributed by atoms with Crippen molar-refractivity contribution in [3.8, 4) is 0 Å². The molecule has 0 aliphatic heterocycles. The molecule has 0 unspecified atom stereocenters. The maximum Gasteiger partial charge on any atom is 0.0730 e. The van der Waals surface area contributed by atoms with Crippen molar-refractivity contribution < 1.29 is 4.74 Å². The van der Waals surface area contributed by atoms with E-state index in [0.29, 0.717) is 12.6 Å². The van der Waals surface area contributed by atoms with E-state index in [0.717, 1.165) is 6.54 Å². The number of nitrogens with one attached hydrogen (secondary N) is 1. The lowest BCUT2D eigenvalue weighted by atomic mass is 10.1. The molecule has 0 radical (unpaired) electrons. The van der Waals surface area contributed by atoms with Crippen molar-refractivity contribution in [3.05, 3.63) is 34.2 Å². The van der Waals surface area contributed by atoms with Crippen LogP contribution in [0, 0.1) is 6.92 Å². The molecule has 0 amide bonds. The Kier molecular flexibility index (Phi) is 4.38. The number of fused-ring (bicyclic) bond motifs is 1. The standard InChI is InChI=1S/C15H21NOS/c1-10(2)16-8-15-13(9-17-4)12-7-11(3)5-6-14(12)18-15/h5-7,10,16H,8-9H2,1-4H3. The van der Waals surface area contributed by atoms with E-state index < -0.39 is 0 Å². The van der Waals surface area contributed by atoms with Crippen molar-refractivity contribution in [1.82, 2.24) is 5.32 Å². The van der Waals surface area contributed by atoms with Crippen LogP contribution in [0.25, 0.3) is 10.1 Å². The quantitative estimate of drug-likeness (QED) is 0.884. The molecule has 0 bridgehead atoms. The second kappa shape index (κ2) is 5.83. The molecule has 0 fully saturated rings. The van der Waals surface area contributed by atoms with Crippen molar-refractivity contribution in [3.63, 3.8) is 0 Å². The first-order valence-corrected chi connectivity index (χ1v) is 7.16. The molecule has 18 heavy (non-hydrogen) atoms. The van der Waals surface area contributed by atoms with Crippen molar-refractivity contribution in [1.29, 1.82) is 0 Å². The molecule has 3 heteroatoms. The summed E-state index contributed by atoms with van der Waals surface area (Å²) in [5, 5.41) is 4.84. The van der Waals surface area contributed by atoms with E-state index in [1.165, 1.54) is 26.1 Å². The normalized spacial score (nSPS) is 11.6. The SMILES string of the molecule is COCc1c(CNC(C)C)sc2ccc(C)cc12. The number of hydrogen-bond acceptors (Lipinski definition) is 3. The smallest absolute Gasteiger partial charge is 0.0730 e. The molecule has 1 aromatic carbocycles. The minimum absolute atomic E-state index is 0.507. The third kappa shape index (κ3) is 2.91. The number of rotatable bonds is 5. The fourth-order valence-electron chi connectivity index (χ4n) is 2.06. The third-order valence-electron chi connectivity index (χ3n) is 2.99. The van der Waals surface area contributed by atoms with Crippen molar-refractivity contribution in [2.75, 3.05) is 7.11 Å². The van der Waals surface area contributed by atoms with Crippen LogP contribution in [-0.2, 0) is 17.9 Å². The first kappa shape index (κ1) is 13.5. The van der Waals surface area contributed by atoms with Gasteiger partial charge in [0.25, 0.3) is 0 Å². The molecular weight excluding hydrogens is 242 g/mol. The van der Waals surface area contributed by atoms with E-state index in [9.17, 15) is 0 Å². The molecule has 1 heterocycles. The summed E-state index contributed by atoms with van der Waals surface area (Å²) in [7, 11) is 1.76. The van der Waals surface area contributed by atoms with Gasteiger partial charge < -0.3 is 10.1 Å². The highest BCUT2D eigenvalue weighted by atomic mass is 32.1. The lowest BCUT2D eigenvalue weighted by molar-refractivity contribution is 0.185. The van der Waals surface area contributed by atoms with Crippen LogP contribution in [0.1, 0.15) is 29.9 Å². The van der Waals surface area contributed by atoms with E-state index in [1.54, 1.807) is 7.11 Å². The summed E-state index contributed by atoms with van der Waals surface area (Å²) < 4.78 is 6.72. The number of aryl methyl sites for hydroxylation is 1. The summed E-state index contributed by atoms with van der Waals surface area (Å²) in [4.78, 5) is 1.39. The Bertz CT molecular complexity index is 531. The fourth-order valence-corrected chi connectivity index (χ4v) is 3.20. The first-order chi connectivity index (χ1) is 8.61. The topological polar surface area (TPSA) is 21.3 Å². The summed E-state index contributed by atoms with van der Waals surface area (Å²) in [5.74, 6) is 0. The van der Waals surface area contributed by atoms with Gasteiger partial charge in [0.2, 0.25) is 0 Å². The van der Waals surface area contributed by atoms with Gasteiger partial charge in [0, 0.05) is 34.8 Å². The van der Waals surface area contributed by atoms with E-state index in [4.69, 9.17) is 4.74 Å². The number of hydrogen-bond donors (Lipinski definition) is 1. The molecule has 1 N–H and O–H groups in total. The zero-order valence-electron chi connectivity index (χ0n) is 11.5. The van der Waals surface area contributed by atoms with E-state index in [-0.39, 0.29) is 0 Å². The van der Waals surface area contributed by atoms with Gasteiger partial charge in [-0.25, -0.2) is 0 Å². The van der Waals surface area contributed by atoms with Crippen LogP contribution in [-0.4, -0.2) is 13.2 Å². The van der Waals surface area contributed by atoms with E-state index >= 15 is 0 Å². The number of benzene rings is 1. The summed E-state index contributed by atoms with van der Waals surface area (Å²) in [6, 6.07) is 7.16. The van der Waals surface area contributed by atoms with Crippen LogP contribution in [0.4, 0.5) is 0 Å². The van der Waals surface area contributed by atoms with Gasteiger partial charge in [-0.05, 0) is 18.4 Å². The van der Waals surface area contributed by atoms with Crippen molar-refractivity contribution in [2.45, 2.75) is 40.0 Å². The molecule has 1 aromatic heterocycles. The summed E-state index contributed by atoms with van der Waals surface area (Å²) in [6.07, 6.45) is 0. The van der Waals surface area contributed by atoms with Gasteiger partial charge in [-0.15, -0.1) is 11.3 Å². The van der Waals surface area contributed by atoms with Crippen LogP contribution in [0.3, 0.4) is 0 Å². The maximum atomic E-state index is 5.36. The number of ether oxygens (including phenoxy) is 1. The van der Waals surface area contributed by atoms with Crippen molar-refractivity contribution in [2.24, 2.45) is 0 Å². The molecule has 0 aliphatic rings. The Morgan fingerprint density at radius 3 is 2.78 bits per heavy atom. The Morgan fingerprint density at radius 2 is 2.11 bits per heavy atom. The van der Waals surface area contributed by atoms with Gasteiger partial charge in [0.15, 0.2) is 0 Å². The predicted molar refractivity (Wildman–Crippen MR) is 79.3 cm³/mol. The molecule has 0 atom stereocenters. The molecule has 0 saturated heterocycles. The molecule has 2 nitrogen and oxygen atoms in total. The summed E-state index contributed by atoms with van der Waals surface area (Å²) in [5.41, 5.74) is 2.65. The number of methoxy groups -OCH3 is 1. The first-order valence-electron chi connectivity index (χ1n) is 6.35. The minimum Gasteiger partial charge on any atom is -0.380 e. The van der Waals surface area contributed by atoms with Crippen LogP contribution in [0.2, 0.25) is 0 Å². The Morgan fingerprint density at radius 1 is 1.33 bits per heavy atom. The van der Waals surface area contributed by atoms with E-state index in [2.05, 4.69) is 44.3 Å². The van der Waals surface area contributed by atoms with Crippen LogP contribution < -0.4 is 5.32 Å². The lowest BCUT2D eigenvalue weighted by Crippen LogP contribution is -2.21. The lowest BCUT2D eigenvalue weighted by Gasteiger charge is -2.08. The minimum atomic E-state index is 0.507. The fraction of sp³-hybridized carbons (Fsp3) is 0.467. The zero-order valence-corrected chi connectivity index (χ0v) is 12.4. The van der Waals surface area contributed by atoms with Gasteiger partial charge >= 0.3 is 0 Å². The van der Waals surface area contributed by atoms with Crippen LogP contribution in [0.5, 0.6) is 0 Å². The van der Waals surface area contributed by atoms with Gasteiger partial charge in [0.05, 0.1) is 6.61 Å². The third-order valence-corrected chi connectivity index (χ3v) is 4.20. The second-order valence-electron chi connectivity index (χ2n) is 4.97. The van der Waals surface area contributed by atoms with Gasteiger partial charge in [-0.2, -0.15) is 0 Å². The summed E-state index contributed by atoms with van der Waals surface area (Å²) in [6.45, 7) is 8.11. The maximum absolute atomic E-state index is 5.36. The molecule has 0 spiro atoms. The largest absolute Gasteiger partial charge is 0.380 e.